The third kappa shape index (κ3) is 1.64. The molecule has 4 rings (SSSR count). The summed E-state index contributed by atoms with van der Waals surface area (Å²) in [6.45, 7) is 1.33. The average molecular weight is 275 g/mol. The molecule has 2 fully saturated rings. The largest absolute Gasteiger partial charge is 0.320 e. The van der Waals surface area contributed by atoms with Crippen LogP contribution in [0, 0.1) is 0 Å². The van der Waals surface area contributed by atoms with Gasteiger partial charge in [-0.2, -0.15) is 5.01 Å². The van der Waals surface area contributed by atoms with Crippen molar-refractivity contribution in [3.63, 3.8) is 0 Å². The van der Waals surface area contributed by atoms with Gasteiger partial charge in [0, 0.05) is 6.20 Å². The molecule has 2 saturated heterocycles. The van der Waals surface area contributed by atoms with Gasteiger partial charge < -0.3 is 5.43 Å². The topological polar surface area (TPSA) is 44.4 Å². The number of thioether (sulfide) groups is 1. The van der Waals surface area contributed by atoms with E-state index in [2.05, 4.69) is 34.0 Å². The predicted molar refractivity (Wildman–Crippen MR) is 75.4 cm³/mol. The molecule has 0 amide bonds. The Balaban J connectivity index is 1.77. The van der Waals surface area contributed by atoms with E-state index in [0.717, 1.165) is 6.67 Å². The van der Waals surface area contributed by atoms with Crippen LogP contribution in [-0.4, -0.2) is 35.0 Å². The van der Waals surface area contributed by atoms with Crippen LogP contribution in [0.5, 0.6) is 0 Å². The number of hydrazine groups is 1. The number of quaternary nitrogens is 1. The first-order valence-corrected chi connectivity index (χ1v) is 7.23. The molecule has 6 heteroatoms. The summed E-state index contributed by atoms with van der Waals surface area (Å²) in [5.74, 6) is 0. The van der Waals surface area contributed by atoms with E-state index in [0.29, 0.717) is 11.0 Å². The van der Waals surface area contributed by atoms with Crippen molar-refractivity contribution in [3.05, 3.63) is 42.6 Å². The molecular weight excluding hydrogens is 260 g/mol. The highest BCUT2D eigenvalue weighted by Gasteiger charge is 2.55. The van der Waals surface area contributed by atoms with Gasteiger partial charge in [0.15, 0.2) is 13.2 Å². The highest BCUT2D eigenvalue weighted by atomic mass is 32.2. The zero-order valence-corrected chi connectivity index (χ0v) is 11.1. The molecule has 3 aliphatic heterocycles. The minimum absolute atomic E-state index is 0.0979. The Hall–Kier alpha value is -1.34. The Labute approximate surface area is 115 Å². The summed E-state index contributed by atoms with van der Waals surface area (Å²) in [6, 6.07) is 10.3. The maximum absolute atomic E-state index is 12.0. The summed E-state index contributed by atoms with van der Waals surface area (Å²) >= 11 is 1.43. The first-order valence-electron chi connectivity index (χ1n) is 6.35. The molecule has 1 aromatic carbocycles. The highest BCUT2D eigenvalue weighted by Crippen LogP contribution is 2.40. The standard InChI is InChI=1S/C13H15N4OS/c18-12-8-17(10-4-2-1-3-5-10)9-16-11(6-7-14-16)15-13(17)19-12/h1-7,11,13-15H,8-9H2/q+1. The number of carbonyl (C=O) groups excluding carboxylic acids is 1. The number of fused-ring (bicyclic) bond motifs is 2. The second-order valence-electron chi connectivity index (χ2n) is 5.08. The molecule has 3 aliphatic rings. The van der Waals surface area contributed by atoms with E-state index in [9.17, 15) is 4.79 Å². The Morgan fingerprint density at radius 3 is 3.00 bits per heavy atom. The van der Waals surface area contributed by atoms with Gasteiger partial charge >= 0.3 is 0 Å². The zero-order chi connectivity index (χ0) is 12.9. The van der Waals surface area contributed by atoms with Gasteiger partial charge in [-0.15, -0.1) is 0 Å². The van der Waals surface area contributed by atoms with Gasteiger partial charge in [0.05, 0.1) is 0 Å². The molecule has 3 unspecified atom stereocenters. The van der Waals surface area contributed by atoms with Gasteiger partial charge in [0.1, 0.15) is 11.9 Å². The van der Waals surface area contributed by atoms with Crippen LogP contribution in [0.1, 0.15) is 0 Å². The predicted octanol–water partition coefficient (Wildman–Crippen LogP) is 0.772. The van der Waals surface area contributed by atoms with Crippen molar-refractivity contribution in [3.8, 4) is 0 Å². The molecule has 3 atom stereocenters. The molecule has 3 heterocycles. The third-order valence-electron chi connectivity index (χ3n) is 3.95. The monoisotopic (exact) mass is 275 g/mol. The summed E-state index contributed by atoms with van der Waals surface area (Å²) < 4.78 is 0.648. The third-order valence-corrected chi connectivity index (χ3v) is 5.10. The lowest BCUT2D eigenvalue weighted by Crippen LogP contribution is -2.72. The van der Waals surface area contributed by atoms with E-state index < -0.39 is 0 Å². The van der Waals surface area contributed by atoms with Crippen LogP contribution in [0.4, 0.5) is 5.69 Å². The second-order valence-corrected chi connectivity index (χ2v) is 6.22. The maximum Gasteiger partial charge on any atom is 0.250 e. The number of hydrogen-bond acceptors (Lipinski definition) is 5. The summed E-state index contributed by atoms with van der Waals surface area (Å²) in [4.78, 5) is 12.0. The fourth-order valence-electron chi connectivity index (χ4n) is 3.02. The lowest BCUT2D eigenvalue weighted by molar-refractivity contribution is -0.111. The normalized spacial score (nSPS) is 36.9. The number of nitrogens with one attached hydrogen (secondary N) is 2. The van der Waals surface area contributed by atoms with E-state index in [1.165, 1.54) is 17.4 Å². The molecule has 0 bridgehead atoms. The molecule has 0 radical (unpaired) electrons. The number of hydrogen-bond donors (Lipinski definition) is 2. The fraction of sp³-hybridized carbons (Fsp3) is 0.308. The van der Waals surface area contributed by atoms with Crippen molar-refractivity contribution < 1.29 is 4.79 Å². The lowest BCUT2D eigenvalue weighted by atomic mass is 10.2. The van der Waals surface area contributed by atoms with Crippen molar-refractivity contribution in [1.82, 2.24) is 20.2 Å². The highest BCUT2D eigenvalue weighted by molar-refractivity contribution is 8.14. The van der Waals surface area contributed by atoms with Crippen molar-refractivity contribution in [2.75, 3.05) is 13.2 Å². The first kappa shape index (κ1) is 11.5. The maximum atomic E-state index is 12.0. The molecular formula is C13H15N4OS+. The van der Waals surface area contributed by atoms with E-state index >= 15 is 0 Å². The van der Waals surface area contributed by atoms with E-state index in [4.69, 9.17) is 0 Å². The summed E-state index contributed by atoms with van der Waals surface area (Å²) in [6.07, 6.45) is 4.22. The smallest absolute Gasteiger partial charge is 0.250 e. The van der Waals surface area contributed by atoms with Crippen LogP contribution < -0.4 is 15.2 Å². The second kappa shape index (κ2) is 4.08. The molecule has 19 heavy (non-hydrogen) atoms. The Morgan fingerprint density at radius 2 is 2.16 bits per heavy atom. The Kier molecular flexibility index (Phi) is 2.46. The van der Waals surface area contributed by atoms with Gasteiger partial charge in [0.25, 0.3) is 5.12 Å². The quantitative estimate of drug-likeness (QED) is 0.741. The lowest BCUT2D eigenvalue weighted by Gasteiger charge is -2.46. The van der Waals surface area contributed by atoms with Crippen molar-refractivity contribution >= 4 is 22.6 Å². The molecule has 0 aromatic heterocycles. The minimum Gasteiger partial charge on any atom is -0.320 e. The van der Waals surface area contributed by atoms with Crippen LogP contribution >= 0.6 is 11.8 Å². The number of carbonyl (C=O) groups is 1. The van der Waals surface area contributed by atoms with Gasteiger partial charge in [-0.05, 0) is 30.0 Å². The van der Waals surface area contributed by atoms with Gasteiger partial charge in [-0.1, -0.05) is 18.2 Å². The van der Waals surface area contributed by atoms with Gasteiger partial charge in [-0.3, -0.25) is 4.79 Å². The van der Waals surface area contributed by atoms with Crippen molar-refractivity contribution in [2.24, 2.45) is 0 Å². The van der Waals surface area contributed by atoms with Crippen LogP contribution in [-0.2, 0) is 4.79 Å². The van der Waals surface area contributed by atoms with Crippen LogP contribution in [0.25, 0.3) is 0 Å². The molecule has 0 saturated carbocycles. The number of benzene rings is 1. The molecule has 1 aromatic rings. The van der Waals surface area contributed by atoms with E-state index in [1.807, 2.05) is 24.4 Å². The van der Waals surface area contributed by atoms with Crippen molar-refractivity contribution in [1.29, 1.82) is 0 Å². The summed E-state index contributed by atoms with van der Waals surface area (Å²) in [5.41, 5.74) is 4.52. The van der Waals surface area contributed by atoms with Crippen LogP contribution in [0.15, 0.2) is 42.6 Å². The van der Waals surface area contributed by atoms with Gasteiger partial charge in [0.2, 0.25) is 5.50 Å². The SMILES string of the molecule is O=C1C[N+]2(c3ccccc3)CN3NC=CC3NC2S1. The number of rotatable bonds is 1. The molecule has 98 valence electrons. The molecule has 2 N–H and O–H groups in total. The summed E-state index contributed by atoms with van der Waals surface area (Å²) in [7, 11) is 0. The molecule has 5 nitrogen and oxygen atoms in total. The number of nitrogens with zero attached hydrogens (tertiary/aromatic N) is 2. The zero-order valence-electron chi connectivity index (χ0n) is 10.3. The van der Waals surface area contributed by atoms with Crippen molar-refractivity contribution in [2.45, 2.75) is 11.7 Å². The van der Waals surface area contributed by atoms with Gasteiger partial charge in [-0.25, -0.2) is 9.80 Å². The van der Waals surface area contributed by atoms with E-state index in [1.54, 1.807) is 0 Å². The summed E-state index contributed by atoms with van der Waals surface area (Å²) in [5, 5.41) is 5.94. The first-order chi connectivity index (χ1) is 9.28. The average Bonchev–Trinajstić information content (AvgIpc) is 2.99. The van der Waals surface area contributed by atoms with E-state index in [-0.39, 0.29) is 16.8 Å². The fourth-order valence-corrected chi connectivity index (χ4v) is 4.24. The molecule has 0 spiro atoms. The number of para-hydroxylation sites is 1. The molecule has 0 aliphatic carbocycles. The Morgan fingerprint density at radius 1 is 1.32 bits per heavy atom. The minimum atomic E-state index is 0.0979. The Bertz CT molecular complexity index is 549. The van der Waals surface area contributed by atoms with Crippen LogP contribution in [0.3, 0.4) is 0 Å². The van der Waals surface area contributed by atoms with Crippen LogP contribution in [0.2, 0.25) is 0 Å².